The fraction of sp³-hybridized carbons (Fsp3) is 0.846. The highest BCUT2D eigenvalue weighted by Crippen LogP contribution is 2.34. The van der Waals surface area contributed by atoms with Gasteiger partial charge in [0.15, 0.2) is 0 Å². The minimum atomic E-state index is -0.914. The van der Waals surface area contributed by atoms with Crippen LogP contribution in [0, 0.1) is 17.8 Å². The van der Waals surface area contributed by atoms with Crippen molar-refractivity contribution in [3.63, 3.8) is 0 Å². The molecule has 3 atom stereocenters. The lowest BCUT2D eigenvalue weighted by molar-refractivity contribution is -0.146. The van der Waals surface area contributed by atoms with Crippen molar-refractivity contribution in [2.24, 2.45) is 17.8 Å². The summed E-state index contributed by atoms with van der Waals surface area (Å²) in [6, 6.07) is 0.207. The summed E-state index contributed by atoms with van der Waals surface area (Å²) in [6.45, 7) is 5.31. The molecule has 0 aromatic carbocycles. The minimum absolute atomic E-state index is 0.132. The maximum absolute atomic E-state index is 11.9. The lowest BCUT2D eigenvalue weighted by atomic mass is 9.94. The van der Waals surface area contributed by atoms with Crippen LogP contribution >= 0.6 is 0 Å². The van der Waals surface area contributed by atoms with E-state index in [1.54, 1.807) is 13.8 Å². The van der Waals surface area contributed by atoms with Gasteiger partial charge < -0.3 is 10.4 Å². The fourth-order valence-electron chi connectivity index (χ4n) is 1.86. The maximum Gasteiger partial charge on any atom is 0.307 e. The van der Waals surface area contributed by atoms with E-state index in [1.165, 1.54) is 12.8 Å². The van der Waals surface area contributed by atoms with Gasteiger partial charge in [-0.1, -0.05) is 33.6 Å². The highest BCUT2D eigenvalue weighted by atomic mass is 16.4. The Balaban J connectivity index is 2.42. The molecular formula is C13H23NO3. The molecule has 0 aromatic rings. The van der Waals surface area contributed by atoms with E-state index in [4.69, 9.17) is 5.11 Å². The van der Waals surface area contributed by atoms with Crippen LogP contribution in [-0.2, 0) is 9.59 Å². The number of amides is 1. The normalized spacial score (nSPS) is 20.4. The summed E-state index contributed by atoms with van der Waals surface area (Å²) < 4.78 is 0. The molecule has 0 aliphatic heterocycles. The van der Waals surface area contributed by atoms with Crippen LogP contribution in [0.4, 0.5) is 0 Å². The van der Waals surface area contributed by atoms with Crippen molar-refractivity contribution < 1.29 is 14.7 Å². The quantitative estimate of drug-likeness (QED) is 0.716. The number of rotatable bonds is 7. The second-order valence-corrected chi connectivity index (χ2v) is 5.21. The van der Waals surface area contributed by atoms with Gasteiger partial charge >= 0.3 is 5.97 Å². The van der Waals surface area contributed by atoms with Gasteiger partial charge in [0.2, 0.25) is 5.91 Å². The summed E-state index contributed by atoms with van der Waals surface area (Å²) in [7, 11) is 0. The van der Waals surface area contributed by atoms with Crippen molar-refractivity contribution in [3.8, 4) is 0 Å². The molecule has 98 valence electrons. The molecule has 0 spiro atoms. The number of hydrogen-bond acceptors (Lipinski definition) is 2. The van der Waals surface area contributed by atoms with Crippen LogP contribution in [0.15, 0.2) is 0 Å². The fourth-order valence-corrected chi connectivity index (χ4v) is 1.86. The van der Waals surface area contributed by atoms with E-state index >= 15 is 0 Å². The van der Waals surface area contributed by atoms with Crippen LogP contribution in [0.5, 0.6) is 0 Å². The van der Waals surface area contributed by atoms with Gasteiger partial charge in [0.25, 0.3) is 0 Å². The number of aliphatic carboxylic acids is 1. The molecule has 2 N–H and O–H groups in total. The van der Waals surface area contributed by atoms with Crippen molar-refractivity contribution >= 4 is 11.9 Å². The second kappa shape index (κ2) is 6.03. The zero-order valence-electron chi connectivity index (χ0n) is 10.9. The molecule has 17 heavy (non-hydrogen) atoms. The monoisotopic (exact) mass is 241 g/mol. The Morgan fingerprint density at radius 1 is 1.29 bits per heavy atom. The van der Waals surface area contributed by atoms with E-state index in [2.05, 4.69) is 12.2 Å². The average molecular weight is 241 g/mol. The Kier molecular flexibility index (Phi) is 4.97. The Bertz CT molecular complexity index is 286. The first-order valence-electron chi connectivity index (χ1n) is 6.48. The topological polar surface area (TPSA) is 66.4 Å². The molecule has 1 fully saturated rings. The molecular weight excluding hydrogens is 218 g/mol. The summed E-state index contributed by atoms with van der Waals surface area (Å²) in [5.74, 6) is -1.38. The molecule has 0 bridgehead atoms. The first-order valence-corrected chi connectivity index (χ1v) is 6.48. The van der Waals surface area contributed by atoms with Crippen molar-refractivity contribution in [2.75, 3.05) is 0 Å². The summed E-state index contributed by atoms with van der Waals surface area (Å²) in [6.07, 6.45) is 4.49. The van der Waals surface area contributed by atoms with E-state index in [1.807, 2.05) is 0 Å². The number of carbonyl (C=O) groups excluding carboxylic acids is 1. The summed E-state index contributed by atoms with van der Waals surface area (Å²) in [5.41, 5.74) is 0. The summed E-state index contributed by atoms with van der Waals surface area (Å²) >= 11 is 0. The Morgan fingerprint density at radius 3 is 2.29 bits per heavy atom. The van der Waals surface area contributed by atoms with Gasteiger partial charge in [0.05, 0.1) is 5.92 Å². The molecule has 1 aliphatic carbocycles. The molecule has 1 saturated carbocycles. The molecule has 0 radical (unpaired) electrons. The first-order chi connectivity index (χ1) is 7.95. The van der Waals surface area contributed by atoms with E-state index in [-0.39, 0.29) is 11.9 Å². The van der Waals surface area contributed by atoms with Gasteiger partial charge in [-0.25, -0.2) is 0 Å². The molecule has 0 saturated heterocycles. The number of carbonyl (C=O) groups is 2. The molecule has 1 aliphatic rings. The van der Waals surface area contributed by atoms with Crippen molar-refractivity contribution in [2.45, 2.75) is 52.5 Å². The Labute approximate surface area is 103 Å². The number of carboxylic acid groups (broad SMARTS) is 1. The highest BCUT2D eigenvalue weighted by molar-refractivity contribution is 5.84. The molecule has 0 aromatic heterocycles. The van der Waals surface area contributed by atoms with Gasteiger partial charge in [-0.05, 0) is 18.8 Å². The Morgan fingerprint density at radius 2 is 1.88 bits per heavy atom. The minimum Gasteiger partial charge on any atom is -0.481 e. The molecule has 0 heterocycles. The first kappa shape index (κ1) is 14.0. The molecule has 4 heteroatoms. The highest BCUT2D eigenvalue weighted by Gasteiger charge is 2.29. The van der Waals surface area contributed by atoms with Crippen LogP contribution in [0.25, 0.3) is 0 Å². The predicted octanol–water partition coefficient (Wildman–Crippen LogP) is 2.04. The van der Waals surface area contributed by atoms with Crippen LogP contribution in [-0.4, -0.2) is 23.0 Å². The second-order valence-electron chi connectivity index (χ2n) is 5.21. The van der Waals surface area contributed by atoms with Crippen LogP contribution in [0.3, 0.4) is 0 Å². The van der Waals surface area contributed by atoms with Crippen LogP contribution in [0.1, 0.15) is 46.5 Å². The van der Waals surface area contributed by atoms with Gasteiger partial charge in [-0.15, -0.1) is 0 Å². The van der Waals surface area contributed by atoms with Gasteiger partial charge in [-0.2, -0.15) is 0 Å². The van der Waals surface area contributed by atoms with Crippen molar-refractivity contribution in [3.05, 3.63) is 0 Å². The van der Waals surface area contributed by atoms with E-state index in [0.29, 0.717) is 0 Å². The van der Waals surface area contributed by atoms with Gasteiger partial charge in [0.1, 0.15) is 0 Å². The number of hydrogen-bond donors (Lipinski definition) is 2. The number of carboxylic acids is 1. The average Bonchev–Trinajstić information content (AvgIpc) is 3.09. The third-order valence-electron chi connectivity index (χ3n) is 3.71. The van der Waals surface area contributed by atoms with E-state index in [0.717, 1.165) is 18.8 Å². The Hall–Kier alpha value is -1.06. The lowest BCUT2D eigenvalue weighted by Gasteiger charge is -2.21. The third kappa shape index (κ3) is 4.36. The predicted molar refractivity (Wildman–Crippen MR) is 65.5 cm³/mol. The summed E-state index contributed by atoms with van der Waals surface area (Å²) in [5, 5.41) is 11.8. The van der Waals surface area contributed by atoms with Crippen LogP contribution in [0.2, 0.25) is 0 Å². The smallest absolute Gasteiger partial charge is 0.307 e. The van der Waals surface area contributed by atoms with E-state index < -0.39 is 17.8 Å². The van der Waals surface area contributed by atoms with Crippen molar-refractivity contribution in [1.29, 1.82) is 0 Å². The zero-order valence-corrected chi connectivity index (χ0v) is 10.9. The van der Waals surface area contributed by atoms with Gasteiger partial charge in [0, 0.05) is 12.0 Å². The zero-order chi connectivity index (χ0) is 13.0. The standard InChI is InChI=1S/C13H23NO3/c1-4-11(7-10-5-6-10)14-12(15)8(2)9(3)13(16)17/h8-11H,4-7H2,1-3H3,(H,14,15)(H,16,17). The molecule has 4 nitrogen and oxygen atoms in total. The van der Waals surface area contributed by atoms with Gasteiger partial charge in [-0.3, -0.25) is 9.59 Å². The largest absolute Gasteiger partial charge is 0.481 e. The SMILES string of the molecule is CCC(CC1CC1)NC(=O)C(C)C(C)C(=O)O. The molecule has 1 rings (SSSR count). The maximum atomic E-state index is 11.9. The van der Waals surface area contributed by atoms with Crippen molar-refractivity contribution in [1.82, 2.24) is 5.32 Å². The summed E-state index contributed by atoms with van der Waals surface area (Å²) in [4.78, 5) is 22.7. The molecule has 3 unspecified atom stereocenters. The third-order valence-corrected chi connectivity index (χ3v) is 3.71. The van der Waals surface area contributed by atoms with E-state index in [9.17, 15) is 9.59 Å². The molecule has 1 amide bonds. The number of nitrogens with one attached hydrogen (secondary N) is 1. The lowest BCUT2D eigenvalue weighted by Crippen LogP contribution is -2.41. The van der Waals surface area contributed by atoms with Crippen LogP contribution < -0.4 is 5.32 Å².